The molecule has 0 aromatic heterocycles. The van der Waals surface area contributed by atoms with Crippen LogP contribution in [0.15, 0.2) is 18.2 Å². The lowest BCUT2D eigenvalue weighted by atomic mass is 10.1. The number of nitro groups is 1. The lowest BCUT2D eigenvalue weighted by molar-refractivity contribution is -0.384. The molecule has 1 aliphatic heterocycles. The summed E-state index contributed by atoms with van der Waals surface area (Å²) in [7, 11) is 0. The molecule has 0 unspecified atom stereocenters. The summed E-state index contributed by atoms with van der Waals surface area (Å²) in [4.78, 5) is 12.2. The molecule has 0 spiro atoms. The Morgan fingerprint density at radius 3 is 2.89 bits per heavy atom. The molecule has 6 nitrogen and oxygen atoms in total. The van der Waals surface area contributed by atoms with E-state index in [1.165, 1.54) is 12.1 Å². The van der Waals surface area contributed by atoms with Gasteiger partial charge in [0.2, 0.25) is 0 Å². The minimum absolute atomic E-state index is 0.0128. The van der Waals surface area contributed by atoms with Gasteiger partial charge in [-0.2, -0.15) is 0 Å². The molecule has 0 fully saturated rings. The summed E-state index contributed by atoms with van der Waals surface area (Å²) in [5.74, 6) is 0.500. The van der Waals surface area contributed by atoms with Crippen molar-refractivity contribution in [2.45, 2.75) is 19.4 Å². The predicted octanol–water partition coefficient (Wildman–Crippen LogP) is 1.56. The number of anilines is 1. The number of aliphatic hydroxyl groups is 1. The Kier molecular flexibility index (Phi) is 3.13. The van der Waals surface area contributed by atoms with Gasteiger partial charge in [-0.1, -0.05) is 0 Å². The zero-order chi connectivity index (χ0) is 13.3. The first-order valence-corrected chi connectivity index (χ1v) is 5.75. The average Bonchev–Trinajstić information content (AvgIpc) is 2.26. The maximum absolute atomic E-state index is 10.7. The smallest absolute Gasteiger partial charge is 0.273 e. The van der Waals surface area contributed by atoms with Gasteiger partial charge in [0, 0.05) is 12.6 Å². The molecule has 0 saturated heterocycles. The van der Waals surface area contributed by atoms with Crippen molar-refractivity contribution in [2.75, 3.05) is 24.6 Å². The van der Waals surface area contributed by atoms with Crippen molar-refractivity contribution in [1.82, 2.24) is 0 Å². The van der Waals surface area contributed by atoms with Crippen LogP contribution in [0, 0.1) is 10.1 Å². The fraction of sp³-hybridized carbons (Fsp3) is 0.500. The van der Waals surface area contributed by atoms with E-state index < -0.39 is 10.5 Å². The van der Waals surface area contributed by atoms with Gasteiger partial charge in [-0.05, 0) is 19.9 Å². The third-order valence-corrected chi connectivity index (χ3v) is 2.69. The summed E-state index contributed by atoms with van der Waals surface area (Å²) in [5, 5.41) is 20.5. The third kappa shape index (κ3) is 2.70. The molecule has 0 bridgehead atoms. The van der Waals surface area contributed by atoms with Crippen LogP contribution in [0.1, 0.15) is 13.8 Å². The minimum atomic E-state index is -0.823. The van der Waals surface area contributed by atoms with Crippen LogP contribution in [-0.2, 0) is 0 Å². The van der Waals surface area contributed by atoms with Gasteiger partial charge in [0.05, 0.1) is 28.8 Å². The molecule has 1 heterocycles. The summed E-state index contributed by atoms with van der Waals surface area (Å²) in [6, 6.07) is 4.54. The average molecular weight is 252 g/mol. The number of ether oxygens (including phenoxy) is 1. The quantitative estimate of drug-likeness (QED) is 0.652. The van der Waals surface area contributed by atoms with Gasteiger partial charge in [0.15, 0.2) is 0 Å². The Hall–Kier alpha value is -1.82. The summed E-state index contributed by atoms with van der Waals surface area (Å²) in [6.07, 6.45) is 0. The molecule has 0 saturated carbocycles. The van der Waals surface area contributed by atoms with Crippen molar-refractivity contribution < 1.29 is 14.8 Å². The van der Waals surface area contributed by atoms with Gasteiger partial charge in [-0.25, -0.2) is 0 Å². The van der Waals surface area contributed by atoms with E-state index in [2.05, 4.69) is 0 Å². The predicted molar refractivity (Wildman–Crippen MR) is 67.1 cm³/mol. The summed E-state index contributed by atoms with van der Waals surface area (Å²) in [6.45, 7) is 5.04. The van der Waals surface area contributed by atoms with Gasteiger partial charge in [-0.3, -0.25) is 10.1 Å². The Labute approximate surface area is 105 Å². The molecule has 0 atom stereocenters. The number of nitro benzene ring substituents is 1. The van der Waals surface area contributed by atoms with Crippen molar-refractivity contribution in [3.8, 4) is 5.75 Å². The number of fused-ring (bicyclic) bond motifs is 1. The van der Waals surface area contributed by atoms with Crippen LogP contribution >= 0.6 is 0 Å². The normalized spacial score (nSPS) is 14.9. The fourth-order valence-corrected chi connectivity index (χ4v) is 2.01. The highest BCUT2D eigenvalue weighted by Gasteiger charge is 2.25. The summed E-state index contributed by atoms with van der Waals surface area (Å²) < 4.78 is 5.43. The fourth-order valence-electron chi connectivity index (χ4n) is 2.01. The van der Waals surface area contributed by atoms with Gasteiger partial charge >= 0.3 is 0 Å². The minimum Gasteiger partial charge on any atom is -0.489 e. The molecule has 0 radical (unpaired) electrons. The molecular weight excluding hydrogens is 236 g/mol. The van der Waals surface area contributed by atoms with Crippen LogP contribution in [0.3, 0.4) is 0 Å². The standard InChI is InChI=1S/C12H16N2O4/c1-12(2,15)8-13-5-6-18-11-7-9(14(16)17)3-4-10(11)13/h3-4,7,15H,5-6,8H2,1-2H3. The lowest BCUT2D eigenvalue weighted by Crippen LogP contribution is -2.42. The van der Waals surface area contributed by atoms with E-state index in [4.69, 9.17) is 4.74 Å². The van der Waals surface area contributed by atoms with E-state index in [0.717, 1.165) is 5.69 Å². The van der Waals surface area contributed by atoms with E-state index in [0.29, 0.717) is 25.4 Å². The van der Waals surface area contributed by atoms with Crippen molar-refractivity contribution >= 4 is 11.4 Å². The SMILES string of the molecule is CC(C)(O)CN1CCOc2cc([N+](=O)[O-])ccc21. The highest BCUT2D eigenvalue weighted by atomic mass is 16.6. The Balaban J connectivity index is 2.30. The molecule has 98 valence electrons. The van der Waals surface area contributed by atoms with Crippen molar-refractivity contribution in [1.29, 1.82) is 0 Å². The Morgan fingerprint density at radius 1 is 1.56 bits per heavy atom. The van der Waals surface area contributed by atoms with Gasteiger partial charge in [-0.15, -0.1) is 0 Å². The van der Waals surface area contributed by atoms with Gasteiger partial charge in [0.1, 0.15) is 12.4 Å². The molecule has 1 aliphatic rings. The van der Waals surface area contributed by atoms with Crippen LogP contribution in [0.4, 0.5) is 11.4 Å². The van der Waals surface area contributed by atoms with E-state index >= 15 is 0 Å². The van der Waals surface area contributed by atoms with Gasteiger partial charge in [0.25, 0.3) is 5.69 Å². The first-order chi connectivity index (χ1) is 8.37. The number of non-ortho nitro benzene ring substituents is 1. The molecule has 0 aliphatic carbocycles. The molecule has 18 heavy (non-hydrogen) atoms. The van der Waals surface area contributed by atoms with E-state index in [9.17, 15) is 15.2 Å². The highest BCUT2D eigenvalue weighted by Crippen LogP contribution is 2.35. The van der Waals surface area contributed by atoms with E-state index in [1.807, 2.05) is 4.90 Å². The monoisotopic (exact) mass is 252 g/mol. The molecule has 0 amide bonds. The molecular formula is C12H16N2O4. The van der Waals surface area contributed by atoms with Crippen LogP contribution in [0.25, 0.3) is 0 Å². The van der Waals surface area contributed by atoms with Crippen LogP contribution < -0.4 is 9.64 Å². The second-order valence-electron chi connectivity index (χ2n) is 4.99. The largest absolute Gasteiger partial charge is 0.489 e. The summed E-state index contributed by atoms with van der Waals surface area (Å²) in [5.41, 5.74) is -0.0241. The summed E-state index contributed by atoms with van der Waals surface area (Å²) >= 11 is 0. The number of β-amino-alcohol motifs (C(OH)–C–C–N with tert-alkyl or cyclic N) is 1. The van der Waals surface area contributed by atoms with Crippen LogP contribution in [-0.4, -0.2) is 35.3 Å². The van der Waals surface area contributed by atoms with Crippen LogP contribution in [0.5, 0.6) is 5.75 Å². The first-order valence-electron chi connectivity index (χ1n) is 5.75. The molecule has 2 rings (SSSR count). The number of nitrogens with zero attached hydrogens (tertiary/aromatic N) is 2. The molecule has 1 aromatic carbocycles. The highest BCUT2D eigenvalue weighted by molar-refractivity contribution is 5.63. The zero-order valence-electron chi connectivity index (χ0n) is 10.4. The maximum Gasteiger partial charge on any atom is 0.273 e. The van der Waals surface area contributed by atoms with Crippen molar-refractivity contribution in [3.05, 3.63) is 28.3 Å². The lowest BCUT2D eigenvalue weighted by Gasteiger charge is -2.34. The number of hydrogen-bond acceptors (Lipinski definition) is 5. The van der Waals surface area contributed by atoms with Crippen LogP contribution in [0.2, 0.25) is 0 Å². The third-order valence-electron chi connectivity index (χ3n) is 2.69. The van der Waals surface area contributed by atoms with Crippen molar-refractivity contribution in [2.24, 2.45) is 0 Å². The second-order valence-corrected chi connectivity index (χ2v) is 4.99. The second kappa shape index (κ2) is 4.45. The topological polar surface area (TPSA) is 75.8 Å². The zero-order valence-corrected chi connectivity index (χ0v) is 10.4. The maximum atomic E-state index is 10.7. The molecule has 1 aromatic rings. The first kappa shape index (κ1) is 12.6. The van der Waals surface area contributed by atoms with E-state index in [-0.39, 0.29) is 5.69 Å². The molecule has 6 heteroatoms. The van der Waals surface area contributed by atoms with Crippen molar-refractivity contribution in [3.63, 3.8) is 0 Å². The number of hydrogen-bond donors (Lipinski definition) is 1. The Bertz CT molecular complexity index is 468. The van der Waals surface area contributed by atoms with Gasteiger partial charge < -0.3 is 14.7 Å². The number of rotatable bonds is 3. The Morgan fingerprint density at radius 2 is 2.28 bits per heavy atom. The number of benzene rings is 1. The van der Waals surface area contributed by atoms with E-state index in [1.54, 1.807) is 19.9 Å². The molecule has 1 N–H and O–H groups in total.